The molecule has 0 radical (unpaired) electrons. The summed E-state index contributed by atoms with van der Waals surface area (Å²) in [5.74, 6) is 0.444. The number of halogens is 2. The second kappa shape index (κ2) is 7.38. The molecule has 1 atom stereocenters. The van der Waals surface area contributed by atoms with Gasteiger partial charge in [0.15, 0.2) is 0 Å². The van der Waals surface area contributed by atoms with E-state index in [4.69, 9.17) is 28.3 Å². The second-order valence-electron chi connectivity index (χ2n) is 4.79. The van der Waals surface area contributed by atoms with Crippen LogP contribution in [0.2, 0.25) is 10.0 Å². The lowest BCUT2D eigenvalue weighted by Gasteiger charge is -2.34. The van der Waals surface area contributed by atoms with E-state index in [1.165, 1.54) is 0 Å². The molecule has 1 aliphatic heterocycles. The Balaban J connectivity index is 2.12. The van der Waals surface area contributed by atoms with Crippen LogP contribution in [0.4, 0.5) is 0 Å². The van der Waals surface area contributed by atoms with Crippen LogP contribution in [0.5, 0.6) is 0 Å². The smallest absolute Gasteiger partial charge is 0.305 e. The number of carboxylic acid groups (broad SMARTS) is 1. The van der Waals surface area contributed by atoms with Gasteiger partial charge in [-0.15, -0.1) is 0 Å². The fourth-order valence-electron chi connectivity index (χ4n) is 2.31. The van der Waals surface area contributed by atoms with E-state index in [-0.39, 0.29) is 24.8 Å². The third kappa shape index (κ3) is 4.28. The van der Waals surface area contributed by atoms with Gasteiger partial charge in [0.05, 0.1) is 18.9 Å². The number of amides is 1. The van der Waals surface area contributed by atoms with E-state index >= 15 is 0 Å². The minimum absolute atomic E-state index is 0.0327. The van der Waals surface area contributed by atoms with Crippen LogP contribution in [0, 0.1) is 0 Å². The Morgan fingerprint density at radius 1 is 1.33 bits per heavy atom. The molecule has 1 aromatic rings. The third-order valence-electron chi connectivity index (χ3n) is 3.35. The number of carbonyl (C=O) groups excluding carboxylic acids is 1. The molecule has 1 amide bonds. The molecule has 1 aliphatic rings. The van der Waals surface area contributed by atoms with Crippen LogP contribution in [-0.2, 0) is 16.0 Å². The molecule has 1 heterocycles. The molecule has 2 rings (SSSR count). The van der Waals surface area contributed by atoms with Gasteiger partial charge < -0.3 is 10.0 Å². The van der Waals surface area contributed by atoms with Gasteiger partial charge in [-0.2, -0.15) is 11.8 Å². The number of rotatable bonds is 4. The standard InChI is InChI=1S/C14H15Cl2NO3S/c15-11-2-1-3-12(16)10(11)7-13(18)17-4-5-21-8-9(17)6-14(19)20/h1-3,9H,4-8H2,(H,19,20). The van der Waals surface area contributed by atoms with Crippen molar-refractivity contribution in [1.82, 2.24) is 4.90 Å². The van der Waals surface area contributed by atoms with Gasteiger partial charge in [-0.05, 0) is 17.7 Å². The van der Waals surface area contributed by atoms with E-state index < -0.39 is 5.97 Å². The highest BCUT2D eigenvalue weighted by molar-refractivity contribution is 7.99. The zero-order chi connectivity index (χ0) is 15.4. The summed E-state index contributed by atoms with van der Waals surface area (Å²) in [6.45, 7) is 0.559. The molecule has 4 nitrogen and oxygen atoms in total. The van der Waals surface area contributed by atoms with Crippen LogP contribution >= 0.6 is 35.0 Å². The van der Waals surface area contributed by atoms with Crippen LogP contribution in [0.15, 0.2) is 18.2 Å². The van der Waals surface area contributed by atoms with Gasteiger partial charge in [-0.1, -0.05) is 29.3 Å². The number of carboxylic acids is 1. The van der Waals surface area contributed by atoms with Crippen molar-refractivity contribution in [1.29, 1.82) is 0 Å². The molecule has 1 aromatic carbocycles. The zero-order valence-electron chi connectivity index (χ0n) is 11.2. The van der Waals surface area contributed by atoms with Gasteiger partial charge in [0, 0.05) is 28.1 Å². The van der Waals surface area contributed by atoms with Crippen LogP contribution in [0.25, 0.3) is 0 Å². The first kappa shape index (κ1) is 16.5. The molecule has 1 N–H and O–H groups in total. The number of hydrogen-bond acceptors (Lipinski definition) is 3. The Bertz CT molecular complexity index is 533. The van der Waals surface area contributed by atoms with Crippen molar-refractivity contribution in [2.24, 2.45) is 0 Å². The van der Waals surface area contributed by atoms with Crippen molar-refractivity contribution in [2.45, 2.75) is 18.9 Å². The predicted molar refractivity (Wildman–Crippen MR) is 85.2 cm³/mol. The molecule has 1 saturated heterocycles. The molecular weight excluding hydrogens is 333 g/mol. The van der Waals surface area contributed by atoms with E-state index in [1.54, 1.807) is 34.9 Å². The van der Waals surface area contributed by atoms with Gasteiger partial charge in [0.25, 0.3) is 0 Å². The monoisotopic (exact) mass is 347 g/mol. The summed E-state index contributed by atoms with van der Waals surface area (Å²) in [6, 6.07) is 4.84. The number of nitrogens with zero attached hydrogens (tertiary/aromatic N) is 1. The lowest BCUT2D eigenvalue weighted by atomic mass is 10.1. The number of thioether (sulfide) groups is 1. The summed E-state index contributed by atoms with van der Waals surface area (Å²) in [4.78, 5) is 25.0. The Morgan fingerprint density at radius 3 is 2.62 bits per heavy atom. The first-order valence-electron chi connectivity index (χ1n) is 6.51. The normalized spacial score (nSPS) is 18.6. The maximum absolute atomic E-state index is 12.5. The Hall–Kier alpha value is -0.910. The predicted octanol–water partition coefficient (Wildman–Crippen LogP) is 2.95. The topological polar surface area (TPSA) is 57.6 Å². The highest BCUT2D eigenvalue weighted by Gasteiger charge is 2.29. The van der Waals surface area contributed by atoms with Crippen LogP contribution in [-0.4, -0.2) is 46.0 Å². The second-order valence-corrected chi connectivity index (χ2v) is 6.75. The van der Waals surface area contributed by atoms with Gasteiger partial charge in [-0.3, -0.25) is 9.59 Å². The van der Waals surface area contributed by atoms with E-state index in [2.05, 4.69) is 0 Å². The van der Waals surface area contributed by atoms with E-state index in [0.29, 0.717) is 27.9 Å². The minimum atomic E-state index is -0.893. The summed E-state index contributed by atoms with van der Waals surface area (Å²) >= 11 is 13.8. The summed E-state index contributed by atoms with van der Waals surface area (Å²) in [7, 11) is 0. The Kier molecular flexibility index (Phi) is 5.79. The largest absolute Gasteiger partial charge is 0.481 e. The van der Waals surface area contributed by atoms with Crippen molar-refractivity contribution in [3.63, 3.8) is 0 Å². The van der Waals surface area contributed by atoms with E-state index in [0.717, 1.165) is 5.75 Å². The molecule has 0 spiro atoms. The molecule has 1 fully saturated rings. The lowest BCUT2D eigenvalue weighted by molar-refractivity contribution is -0.140. The maximum Gasteiger partial charge on any atom is 0.305 e. The number of hydrogen-bond donors (Lipinski definition) is 1. The maximum atomic E-state index is 12.5. The van der Waals surface area contributed by atoms with Crippen molar-refractivity contribution in [2.75, 3.05) is 18.1 Å². The molecule has 0 bridgehead atoms. The molecule has 114 valence electrons. The average Bonchev–Trinajstić information content (AvgIpc) is 2.43. The fourth-order valence-corrected chi connectivity index (χ4v) is 3.90. The molecule has 7 heteroatoms. The molecule has 1 unspecified atom stereocenters. The van der Waals surface area contributed by atoms with Gasteiger partial charge >= 0.3 is 5.97 Å². The first-order chi connectivity index (χ1) is 9.99. The van der Waals surface area contributed by atoms with Crippen LogP contribution in [0.3, 0.4) is 0 Å². The number of aliphatic carboxylic acids is 1. The summed E-state index contributed by atoms with van der Waals surface area (Å²) in [6.07, 6.45) is 0.0638. The molecule has 21 heavy (non-hydrogen) atoms. The van der Waals surface area contributed by atoms with Crippen molar-refractivity contribution in [3.05, 3.63) is 33.8 Å². The lowest BCUT2D eigenvalue weighted by Crippen LogP contribution is -2.47. The molecular formula is C14H15Cl2NO3S. The summed E-state index contributed by atoms with van der Waals surface area (Å²) < 4.78 is 0. The van der Waals surface area contributed by atoms with E-state index in [1.807, 2.05) is 0 Å². The zero-order valence-corrected chi connectivity index (χ0v) is 13.5. The quantitative estimate of drug-likeness (QED) is 0.909. The Labute approximate surface area is 137 Å². The van der Waals surface area contributed by atoms with Crippen molar-refractivity contribution in [3.8, 4) is 0 Å². The molecule has 0 aliphatic carbocycles. The van der Waals surface area contributed by atoms with Crippen LogP contribution in [0.1, 0.15) is 12.0 Å². The molecule has 0 saturated carbocycles. The van der Waals surface area contributed by atoms with Crippen molar-refractivity contribution >= 4 is 46.8 Å². The molecule has 0 aromatic heterocycles. The number of carbonyl (C=O) groups is 2. The number of benzene rings is 1. The summed E-state index contributed by atoms with van der Waals surface area (Å²) in [5, 5.41) is 9.86. The SMILES string of the molecule is O=C(O)CC1CSCCN1C(=O)Cc1c(Cl)cccc1Cl. The Morgan fingerprint density at radius 2 is 2.00 bits per heavy atom. The third-order valence-corrected chi connectivity index (χ3v) is 5.15. The van der Waals surface area contributed by atoms with Gasteiger partial charge in [-0.25, -0.2) is 0 Å². The van der Waals surface area contributed by atoms with Crippen LogP contribution < -0.4 is 0 Å². The minimum Gasteiger partial charge on any atom is -0.481 e. The average molecular weight is 348 g/mol. The van der Waals surface area contributed by atoms with Crippen molar-refractivity contribution < 1.29 is 14.7 Å². The van der Waals surface area contributed by atoms with E-state index in [9.17, 15) is 9.59 Å². The fraction of sp³-hybridized carbons (Fsp3) is 0.429. The highest BCUT2D eigenvalue weighted by atomic mass is 35.5. The summed E-state index contributed by atoms with van der Waals surface area (Å²) in [5.41, 5.74) is 0.595. The highest BCUT2D eigenvalue weighted by Crippen LogP contribution is 2.27. The van der Waals surface area contributed by atoms with Gasteiger partial charge in [0.1, 0.15) is 0 Å². The first-order valence-corrected chi connectivity index (χ1v) is 8.42. The van der Waals surface area contributed by atoms with Gasteiger partial charge in [0.2, 0.25) is 5.91 Å².